The summed E-state index contributed by atoms with van der Waals surface area (Å²) in [6.07, 6.45) is 9.59. The van der Waals surface area contributed by atoms with Crippen molar-refractivity contribution in [3.63, 3.8) is 0 Å². The van der Waals surface area contributed by atoms with Crippen LogP contribution in [0.15, 0.2) is 36.4 Å². The minimum absolute atomic E-state index is 0.127. The number of imidazole rings is 2. The van der Waals surface area contributed by atoms with Gasteiger partial charge in [-0.05, 0) is 89.3 Å². The van der Waals surface area contributed by atoms with Crippen LogP contribution in [0.25, 0.3) is 11.1 Å². The van der Waals surface area contributed by atoms with Crippen molar-refractivity contribution in [3.05, 3.63) is 81.4 Å². The van der Waals surface area contributed by atoms with Crippen molar-refractivity contribution in [3.8, 4) is 17.2 Å². The molecule has 14 heteroatoms. The first-order valence-corrected chi connectivity index (χ1v) is 20.4. The SMILES string of the molecule is Cn1c(C(=O)Nc2cccc(-c3cccc(NC(=O)c4nc5c([nH]4)CN(CC(=O)OC(C)(C)C)CC5)c3Cl)c2C#N)nc2c1CCN(CCC13CCC(CC1)C3)C2. The highest BCUT2D eigenvalue weighted by Crippen LogP contribution is 2.56. The highest BCUT2D eigenvalue weighted by atomic mass is 35.5. The number of hydrogen-bond donors (Lipinski definition) is 3. The molecule has 2 bridgehead atoms. The summed E-state index contributed by atoms with van der Waals surface area (Å²) in [5.41, 5.74) is 5.44. The molecule has 4 heterocycles. The van der Waals surface area contributed by atoms with Gasteiger partial charge in [0.2, 0.25) is 0 Å². The number of esters is 1. The molecule has 0 unspecified atom stereocenters. The summed E-state index contributed by atoms with van der Waals surface area (Å²) in [7, 11) is 1.88. The number of aromatic nitrogens is 4. The van der Waals surface area contributed by atoms with Gasteiger partial charge in [0.1, 0.15) is 11.7 Å². The molecule has 2 aliphatic carbocycles. The Morgan fingerprint density at radius 2 is 1.68 bits per heavy atom. The zero-order valence-corrected chi connectivity index (χ0v) is 33.9. The highest BCUT2D eigenvalue weighted by Gasteiger charge is 2.44. The fourth-order valence-electron chi connectivity index (χ4n) is 9.38. The molecule has 0 spiro atoms. The highest BCUT2D eigenvalue weighted by molar-refractivity contribution is 6.36. The first-order chi connectivity index (χ1) is 27.3. The molecule has 0 atom stereocenters. The van der Waals surface area contributed by atoms with Crippen LogP contribution in [0, 0.1) is 22.7 Å². The summed E-state index contributed by atoms with van der Waals surface area (Å²) in [5.74, 6) is 0.198. The minimum atomic E-state index is -0.568. The maximum absolute atomic E-state index is 13.8. The van der Waals surface area contributed by atoms with E-state index in [1.165, 1.54) is 38.5 Å². The Labute approximate surface area is 338 Å². The molecule has 2 aromatic carbocycles. The first kappa shape index (κ1) is 38.8. The zero-order valence-electron chi connectivity index (χ0n) is 33.1. The van der Waals surface area contributed by atoms with E-state index in [0.29, 0.717) is 53.3 Å². The fourth-order valence-corrected chi connectivity index (χ4v) is 9.66. The Morgan fingerprint density at radius 3 is 2.40 bits per heavy atom. The van der Waals surface area contributed by atoms with E-state index >= 15 is 0 Å². The summed E-state index contributed by atoms with van der Waals surface area (Å²) in [5, 5.41) is 16.4. The van der Waals surface area contributed by atoms with Gasteiger partial charge in [-0.15, -0.1) is 0 Å². The molecule has 4 aliphatic rings. The largest absolute Gasteiger partial charge is 0.459 e. The van der Waals surface area contributed by atoms with Gasteiger partial charge in [-0.3, -0.25) is 24.2 Å². The van der Waals surface area contributed by atoms with Gasteiger partial charge >= 0.3 is 5.97 Å². The van der Waals surface area contributed by atoms with E-state index in [4.69, 9.17) is 21.3 Å². The van der Waals surface area contributed by atoms with Crippen LogP contribution >= 0.6 is 11.6 Å². The lowest BCUT2D eigenvalue weighted by molar-refractivity contribution is -0.156. The van der Waals surface area contributed by atoms with Gasteiger partial charge in [-0.1, -0.05) is 35.9 Å². The zero-order chi connectivity index (χ0) is 40.1. The maximum atomic E-state index is 13.8. The lowest BCUT2D eigenvalue weighted by atomic mass is 9.81. The smallest absolute Gasteiger partial charge is 0.320 e. The Morgan fingerprint density at radius 1 is 0.965 bits per heavy atom. The number of rotatable bonds is 10. The van der Waals surface area contributed by atoms with E-state index in [2.05, 4.69) is 31.6 Å². The van der Waals surface area contributed by atoms with Crippen molar-refractivity contribution < 1.29 is 19.1 Å². The second kappa shape index (κ2) is 15.4. The average Bonchev–Trinajstić information content (AvgIpc) is 3.97. The van der Waals surface area contributed by atoms with Crippen molar-refractivity contribution in [2.24, 2.45) is 18.4 Å². The monoisotopic (exact) mass is 791 g/mol. The van der Waals surface area contributed by atoms with Crippen molar-refractivity contribution in [2.45, 2.75) is 90.8 Å². The number of carbonyl (C=O) groups is 3. The molecule has 57 heavy (non-hydrogen) atoms. The standard InChI is InChI=1S/C43H50ClN9O4/c1-42(2,3)57-36(54)25-53-18-13-31-33(23-53)47-38(46-31)40(55)50-32-10-6-8-28(37(32)44)27-7-5-9-30(29(27)22-45)49-41(56)39-48-34-24-52(19-14-35(34)51(39)4)20-17-43-15-11-26(21-43)12-16-43/h5-10,26H,11-21,23-25H2,1-4H3,(H,46,47)(H,49,56)(H,50,55). The van der Waals surface area contributed by atoms with E-state index in [1.807, 2.05) is 37.3 Å². The Balaban J connectivity index is 0.938. The number of halogens is 1. The number of nitrogens with zero attached hydrogens (tertiary/aromatic N) is 6. The van der Waals surface area contributed by atoms with E-state index < -0.39 is 17.4 Å². The van der Waals surface area contributed by atoms with Gasteiger partial charge in [0.25, 0.3) is 11.8 Å². The molecule has 298 valence electrons. The van der Waals surface area contributed by atoms with Crippen LogP contribution in [-0.4, -0.2) is 78.9 Å². The van der Waals surface area contributed by atoms with Crippen LogP contribution in [0.4, 0.5) is 11.4 Å². The summed E-state index contributed by atoms with van der Waals surface area (Å²) >= 11 is 6.93. The molecule has 2 saturated carbocycles. The third-order valence-corrected chi connectivity index (χ3v) is 12.7. The van der Waals surface area contributed by atoms with Crippen LogP contribution in [-0.2, 0) is 42.5 Å². The number of amides is 2. The van der Waals surface area contributed by atoms with Crippen LogP contribution in [0.3, 0.4) is 0 Å². The molecule has 2 amide bonds. The lowest BCUT2D eigenvalue weighted by Crippen LogP contribution is -2.38. The summed E-state index contributed by atoms with van der Waals surface area (Å²) < 4.78 is 7.35. The van der Waals surface area contributed by atoms with Gasteiger partial charge < -0.3 is 24.9 Å². The predicted molar refractivity (Wildman–Crippen MR) is 217 cm³/mol. The van der Waals surface area contributed by atoms with Crippen molar-refractivity contribution in [1.82, 2.24) is 29.3 Å². The molecule has 13 nitrogen and oxygen atoms in total. The molecule has 0 radical (unpaired) electrons. The molecule has 2 aromatic heterocycles. The van der Waals surface area contributed by atoms with Gasteiger partial charge in [0.15, 0.2) is 11.6 Å². The molecule has 4 aromatic rings. The van der Waals surface area contributed by atoms with Crippen LogP contribution in [0.5, 0.6) is 0 Å². The second-order valence-corrected chi connectivity index (χ2v) is 17.7. The van der Waals surface area contributed by atoms with Gasteiger partial charge in [-0.25, -0.2) is 9.97 Å². The van der Waals surface area contributed by atoms with Crippen molar-refractivity contribution in [2.75, 3.05) is 36.8 Å². The van der Waals surface area contributed by atoms with E-state index in [1.54, 1.807) is 36.4 Å². The van der Waals surface area contributed by atoms with Gasteiger partial charge in [0, 0.05) is 62.9 Å². The molecule has 8 rings (SSSR count). The number of nitrogens with one attached hydrogen (secondary N) is 3. The summed E-state index contributed by atoms with van der Waals surface area (Å²) in [6, 6.07) is 12.6. The van der Waals surface area contributed by atoms with Crippen LogP contribution in [0.2, 0.25) is 5.02 Å². The van der Waals surface area contributed by atoms with E-state index in [9.17, 15) is 19.6 Å². The first-order valence-electron chi connectivity index (χ1n) is 20.0. The fraction of sp³-hybridized carbons (Fsp3) is 0.488. The number of ether oxygens (including phenoxy) is 1. The molecule has 2 fully saturated rings. The number of fused-ring (bicyclic) bond motifs is 4. The van der Waals surface area contributed by atoms with Crippen LogP contribution < -0.4 is 10.6 Å². The molecule has 3 N–H and O–H groups in total. The van der Waals surface area contributed by atoms with Crippen molar-refractivity contribution in [1.29, 1.82) is 5.26 Å². The topological polar surface area (TPSA) is 161 Å². The number of aromatic amines is 1. The van der Waals surface area contributed by atoms with Gasteiger partial charge in [0.05, 0.1) is 45.6 Å². The van der Waals surface area contributed by atoms with E-state index in [0.717, 1.165) is 54.7 Å². The predicted octanol–water partition coefficient (Wildman–Crippen LogP) is 6.87. The molecule has 2 aliphatic heterocycles. The summed E-state index contributed by atoms with van der Waals surface area (Å²) in [6.45, 7) is 9.43. The van der Waals surface area contributed by atoms with E-state index in [-0.39, 0.29) is 28.9 Å². The number of carbonyl (C=O) groups excluding carboxylic acids is 3. The molecular formula is C43H50ClN9O4. The number of nitriles is 1. The Hall–Kier alpha value is -5.03. The number of H-pyrrole nitrogens is 1. The lowest BCUT2D eigenvalue weighted by Gasteiger charge is -2.32. The Kier molecular flexibility index (Phi) is 10.5. The third kappa shape index (κ3) is 8.08. The van der Waals surface area contributed by atoms with Crippen LogP contribution in [0.1, 0.15) is 109 Å². The Bertz CT molecular complexity index is 2270. The summed E-state index contributed by atoms with van der Waals surface area (Å²) in [4.78, 5) is 56.5. The number of anilines is 2. The maximum Gasteiger partial charge on any atom is 0.320 e. The normalized spacial score (nSPS) is 20.5. The third-order valence-electron chi connectivity index (χ3n) is 12.2. The minimum Gasteiger partial charge on any atom is -0.459 e. The number of benzene rings is 2. The quantitative estimate of drug-likeness (QED) is 0.146. The van der Waals surface area contributed by atoms with Crippen molar-refractivity contribution >= 4 is 40.8 Å². The van der Waals surface area contributed by atoms with Gasteiger partial charge in [-0.2, -0.15) is 5.26 Å². The number of hydrogen-bond acceptors (Lipinski definition) is 9. The average molecular weight is 792 g/mol. The second-order valence-electron chi connectivity index (χ2n) is 17.3. The molecule has 0 saturated heterocycles. The molecular weight excluding hydrogens is 742 g/mol.